The molecule has 0 unspecified atom stereocenters. The quantitative estimate of drug-likeness (QED) is 0.510. The Hall–Kier alpha value is -2.83. The van der Waals surface area contributed by atoms with Crippen molar-refractivity contribution < 1.29 is 23.9 Å². The molecule has 0 bridgehead atoms. The Morgan fingerprint density at radius 2 is 1.75 bits per heavy atom. The molecule has 1 aromatic rings. The van der Waals surface area contributed by atoms with Gasteiger partial charge in [-0.05, 0) is 11.6 Å². The van der Waals surface area contributed by atoms with Gasteiger partial charge in [0.25, 0.3) is 5.79 Å². The zero-order chi connectivity index (χ0) is 17.9. The summed E-state index contributed by atoms with van der Waals surface area (Å²) in [5.74, 6) is -2.85. The van der Waals surface area contributed by atoms with Gasteiger partial charge in [-0.25, -0.2) is 9.59 Å². The number of ether oxygens (including phenoxy) is 2. The van der Waals surface area contributed by atoms with Crippen molar-refractivity contribution in [2.45, 2.75) is 26.1 Å². The Morgan fingerprint density at radius 1 is 1.17 bits per heavy atom. The van der Waals surface area contributed by atoms with E-state index in [0.29, 0.717) is 5.69 Å². The lowest BCUT2D eigenvalue weighted by Crippen LogP contribution is -2.42. The topological polar surface area (TPSA) is 84.9 Å². The minimum atomic E-state index is -1.28. The summed E-state index contributed by atoms with van der Waals surface area (Å²) in [4.78, 5) is 37.2. The van der Waals surface area contributed by atoms with E-state index in [4.69, 9.17) is 9.47 Å². The number of para-hydroxylation sites is 1. The lowest BCUT2D eigenvalue weighted by molar-refractivity contribution is -0.222. The monoisotopic (exact) mass is 332 g/mol. The minimum absolute atomic E-state index is 0.0601. The van der Waals surface area contributed by atoms with Crippen molar-refractivity contribution in [2.24, 2.45) is 0 Å². The van der Waals surface area contributed by atoms with Crippen LogP contribution in [0.1, 0.15) is 19.4 Å². The second kappa shape index (κ2) is 6.74. The van der Waals surface area contributed by atoms with Crippen LogP contribution in [0.25, 0.3) is 0 Å². The van der Waals surface area contributed by atoms with Crippen molar-refractivity contribution in [3.63, 3.8) is 0 Å². The van der Waals surface area contributed by atoms with Gasteiger partial charge in [0.15, 0.2) is 5.57 Å². The lowest BCUT2D eigenvalue weighted by atomic mass is 10.1. The number of hydrogen-bond donors (Lipinski definition) is 1. The fourth-order valence-electron chi connectivity index (χ4n) is 2.06. The average molecular weight is 332 g/mol. The Labute approximate surface area is 140 Å². The fourth-order valence-corrected chi connectivity index (χ4v) is 2.06. The summed E-state index contributed by atoms with van der Waals surface area (Å²) in [6.07, 6.45) is 1.43. The third kappa shape index (κ3) is 4.13. The van der Waals surface area contributed by atoms with Crippen LogP contribution in [0.3, 0.4) is 0 Å². The van der Waals surface area contributed by atoms with E-state index >= 15 is 0 Å². The number of esters is 2. The predicted molar refractivity (Wildman–Crippen MR) is 86.8 cm³/mol. The molecule has 2 rings (SSSR count). The number of carbonyl (C=O) groups excluding carboxylic acids is 3. The second-order valence-electron chi connectivity index (χ2n) is 6.00. The summed E-state index contributed by atoms with van der Waals surface area (Å²) in [6.45, 7) is 2.96. The average Bonchev–Trinajstić information content (AvgIpc) is 2.46. The first kappa shape index (κ1) is 17.5. The lowest BCUT2D eigenvalue weighted by Gasteiger charge is -2.29. The normalized spacial score (nSPS) is 16.1. The van der Waals surface area contributed by atoms with Crippen molar-refractivity contribution in [1.82, 2.24) is 4.90 Å². The molecule has 1 saturated heterocycles. The van der Waals surface area contributed by atoms with Crippen LogP contribution < -0.4 is 5.32 Å². The fraction of sp³-hybridized carbons (Fsp3) is 0.353. The molecule has 1 N–H and O–H groups in total. The van der Waals surface area contributed by atoms with Gasteiger partial charge in [-0.3, -0.25) is 4.79 Å². The summed E-state index contributed by atoms with van der Waals surface area (Å²) in [5, 5.41) is 2.88. The van der Waals surface area contributed by atoms with Gasteiger partial charge in [-0.2, -0.15) is 0 Å². The predicted octanol–water partition coefficient (Wildman–Crippen LogP) is 1.45. The number of hydrogen-bond acceptors (Lipinski definition) is 6. The van der Waals surface area contributed by atoms with E-state index in [1.807, 2.05) is 6.07 Å². The van der Waals surface area contributed by atoms with Gasteiger partial charge in [-0.1, -0.05) is 18.2 Å². The molecule has 0 radical (unpaired) electrons. The zero-order valence-corrected chi connectivity index (χ0v) is 14.1. The molecule has 7 heteroatoms. The van der Waals surface area contributed by atoms with Crippen molar-refractivity contribution >= 4 is 23.5 Å². The molecular formula is C17H20N2O5. The van der Waals surface area contributed by atoms with Gasteiger partial charge in [0, 0.05) is 39.8 Å². The molecule has 24 heavy (non-hydrogen) atoms. The number of benzene rings is 1. The summed E-state index contributed by atoms with van der Waals surface area (Å²) >= 11 is 0. The van der Waals surface area contributed by atoms with E-state index in [0.717, 1.165) is 5.56 Å². The van der Waals surface area contributed by atoms with Crippen LogP contribution in [0, 0.1) is 0 Å². The number of amides is 1. The maximum atomic E-state index is 11.9. The van der Waals surface area contributed by atoms with Gasteiger partial charge >= 0.3 is 11.9 Å². The van der Waals surface area contributed by atoms with Gasteiger partial charge in [0.1, 0.15) is 0 Å². The molecule has 128 valence electrons. The summed E-state index contributed by atoms with van der Waals surface area (Å²) < 4.78 is 10.0. The third-order valence-electron chi connectivity index (χ3n) is 3.35. The van der Waals surface area contributed by atoms with Gasteiger partial charge in [-0.15, -0.1) is 0 Å². The molecule has 1 aromatic carbocycles. The number of anilines is 1. The highest BCUT2D eigenvalue weighted by molar-refractivity contribution is 6.15. The zero-order valence-electron chi connectivity index (χ0n) is 14.1. The van der Waals surface area contributed by atoms with E-state index in [2.05, 4.69) is 5.32 Å². The van der Waals surface area contributed by atoms with E-state index in [1.165, 1.54) is 24.9 Å². The molecule has 0 aromatic heterocycles. The van der Waals surface area contributed by atoms with Crippen molar-refractivity contribution in [2.75, 3.05) is 19.4 Å². The molecular weight excluding hydrogens is 312 g/mol. The maximum absolute atomic E-state index is 11.9. The van der Waals surface area contributed by atoms with Crippen LogP contribution in [-0.2, 0) is 30.3 Å². The SMILES string of the molecule is CN(C)C(=O)Cc1ccccc1NC=C1C(=O)OC(C)(C)OC1=O. The van der Waals surface area contributed by atoms with E-state index in [1.54, 1.807) is 32.3 Å². The molecule has 1 aliphatic heterocycles. The summed E-state index contributed by atoms with van der Waals surface area (Å²) in [6, 6.07) is 7.13. The summed E-state index contributed by atoms with van der Waals surface area (Å²) in [7, 11) is 3.35. The molecule has 1 amide bonds. The Morgan fingerprint density at radius 3 is 2.33 bits per heavy atom. The number of nitrogens with one attached hydrogen (secondary N) is 1. The number of nitrogens with zero attached hydrogens (tertiary/aromatic N) is 1. The minimum Gasteiger partial charge on any atom is -0.419 e. The van der Waals surface area contributed by atoms with Gasteiger partial charge in [0.2, 0.25) is 5.91 Å². The van der Waals surface area contributed by atoms with Crippen molar-refractivity contribution in [3.8, 4) is 0 Å². The smallest absolute Gasteiger partial charge is 0.350 e. The van der Waals surface area contributed by atoms with E-state index < -0.39 is 17.7 Å². The van der Waals surface area contributed by atoms with E-state index in [9.17, 15) is 14.4 Å². The van der Waals surface area contributed by atoms with Crippen LogP contribution >= 0.6 is 0 Å². The third-order valence-corrected chi connectivity index (χ3v) is 3.35. The second-order valence-corrected chi connectivity index (χ2v) is 6.00. The number of cyclic esters (lactones) is 2. The largest absolute Gasteiger partial charge is 0.419 e. The Balaban J connectivity index is 2.19. The molecule has 1 aliphatic rings. The first-order valence-corrected chi connectivity index (χ1v) is 7.41. The van der Waals surface area contributed by atoms with Crippen molar-refractivity contribution in [3.05, 3.63) is 41.6 Å². The summed E-state index contributed by atoms with van der Waals surface area (Å²) in [5.41, 5.74) is 1.12. The molecule has 7 nitrogen and oxygen atoms in total. The molecule has 1 heterocycles. The molecule has 0 atom stereocenters. The van der Waals surface area contributed by atoms with Crippen LogP contribution in [-0.4, -0.2) is 42.6 Å². The van der Waals surface area contributed by atoms with Crippen LogP contribution in [0.5, 0.6) is 0 Å². The Kier molecular flexibility index (Phi) is 4.92. The van der Waals surface area contributed by atoms with Crippen LogP contribution in [0.4, 0.5) is 5.69 Å². The number of likely N-dealkylation sites (N-methyl/N-ethyl adjacent to an activating group) is 1. The van der Waals surface area contributed by atoms with Crippen molar-refractivity contribution in [1.29, 1.82) is 0 Å². The Bertz CT molecular complexity index is 685. The molecule has 1 fully saturated rings. The highest BCUT2D eigenvalue weighted by Crippen LogP contribution is 2.23. The first-order valence-electron chi connectivity index (χ1n) is 7.41. The maximum Gasteiger partial charge on any atom is 0.350 e. The molecule has 0 aliphatic carbocycles. The number of rotatable bonds is 4. The number of carbonyl (C=O) groups is 3. The molecule has 0 spiro atoms. The first-order chi connectivity index (χ1) is 11.2. The standard InChI is InChI=1S/C17H20N2O5/c1-17(2)23-15(21)12(16(22)24-17)10-18-13-8-6-5-7-11(13)9-14(20)19(3)4/h5-8,10,18H,9H2,1-4H3. The van der Waals surface area contributed by atoms with Crippen LogP contribution in [0.15, 0.2) is 36.0 Å². The van der Waals surface area contributed by atoms with Gasteiger partial charge in [0.05, 0.1) is 6.42 Å². The highest BCUT2D eigenvalue weighted by Gasteiger charge is 2.38. The molecule has 0 saturated carbocycles. The van der Waals surface area contributed by atoms with Gasteiger partial charge < -0.3 is 19.7 Å². The van der Waals surface area contributed by atoms with E-state index in [-0.39, 0.29) is 17.9 Å². The van der Waals surface area contributed by atoms with Crippen LogP contribution in [0.2, 0.25) is 0 Å². The highest BCUT2D eigenvalue weighted by atomic mass is 16.7.